The van der Waals surface area contributed by atoms with Gasteiger partial charge in [-0.3, -0.25) is 19.7 Å². The number of fused-ring (bicyclic) bond motifs is 1. The van der Waals surface area contributed by atoms with E-state index >= 15 is 0 Å². The van der Waals surface area contributed by atoms with Crippen LogP contribution in [0.1, 0.15) is 47.5 Å². The first-order valence-corrected chi connectivity index (χ1v) is 11.4. The Labute approximate surface area is 190 Å². The highest BCUT2D eigenvalue weighted by atomic mass is 16.4. The normalized spacial score (nSPS) is 20.2. The highest BCUT2D eigenvalue weighted by molar-refractivity contribution is 6.05. The van der Waals surface area contributed by atoms with Gasteiger partial charge < -0.3 is 9.32 Å². The minimum absolute atomic E-state index is 0.177. The van der Waals surface area contributed by atoms with E-state index in [2.05, 4.69) is 5.32 Å². The fourth-order valence-electron chi connectivity index (χ4n) is 4.72. The Morgan fingerprint density at radius 2 is 1.82 bits per heavy atom. The summed E-state index contributed by atoms with van der Waals surface area (Å²) in [5.41, 5.74) is 4.06. The number of imide groups is 1. The van der Waals surface area contributed by atoms with E-state index in [1.54, 1.807) is 4.90 Å². The van der Waals surface area contributed by atoms with Gasteiger partial charge in [-0.05, 0) is 42.9 Å². The number of amides is 3. The highest BCUT2D eigenvalue weighted by Gasteiger charge is 2.39. The molecule has 7 nitrogen and oxygen atoms in total. The van der Waals surface area contributed by atoms with E-state index < -0.39 is 11.9 Å². The van der Waals surface area contributed by atoms with Crippen molar-refractivity contribution in [2.45, 2.75) is 44.7 Å². The van der Waals surface area contributed by atoms with E-state index in [9.17, 15) is 14.4 Å². The number of benzene rings is 2. The fourth-order valence-corrected chi connectivity index (χ4v) is 4.72. The number of oxazole rings is 1. The monoisotopic (exact) mass is 441 g/mol. The quantitative estimate of drug-likeness (QED) is 0.609. The Hall–Kier alpha value is -3.74. The van der Waals surface area contributed by atoms with Gasteiger partial charge in [0.15, 0.2) is 11.7 Å². The Kier molecular flexibility index (Phi) is 4.64. The Bertz CT molecular complexity index is 1280. The summed E-state index contributed by atoms with van der Waals surface area (Å²) in [6.07, 6.45) is 3.87. The van der Waals surface area contributed by atoms with Crippen molar-refractivity contribution in [3.8, 4) is 22.6 Å². The van der Waals surface area contributed by atoms with Crippen molar-refractivity contribution < 1.29 is 18.8 Å². The van der Waals surface area contributed by atoms with Crippen LogP contribution in [0.25, 0.3) is 22.6 Å². The molecule has 0 radical (unpaired) electrons. The number of carbonyl (C=O) groups is 3. The molecule has 33 heavy (non-hydrogen) atoms. The van der Waals surface area contributed by atoms with Crippen LogP contribution in [0.4, 0.5) is 0 Å². The van der Waals surface area contributed by atoms with Crippen LogP contribution in [0.3, 0.4) is 0 Å². The first kappa shape index (κ1) is 19.9. The van der Waals surface area contributed by atoms with Crippen LogP contribution in [0.15, 0.2) is 52.9 Å². The van der Waals surface area contributed by atoms with E-state index in [0.29, 0.717) is 24.4 Å². The molecule has 3 aromatic rings. The van der Waals surface area contributed by atoms with Gasteiger partial charge in [-0.1, -0.05) is 36.4 Å². The molecule has 0 bridgehead atoms. The Balaban J connectivity index is 1.34. The minimum Gasteiger partial charge on any atom is -0.440 e. The molecule has 1 aromatic heterocycles. The van der Waals surface area contributed by atoms with Crippen LogP contribution in [0.5, 0.6) is 0 Å². The SMILES string of the molecule is O=C1CCC(N2Cc3cc(-c4nc(CC5CC5)oc4-c4ccccc4)ccc3C2=O)C(=O)N1. The van der Waals surface area contributed by atoms with Crippen molar-refractivity contribution in [3.63, 3.8) is 0 Å². The Morgan fingerprint density at radius 3 is 2.58 bits per heavy atom. The lowest BCUT2D eigenvalue weighted by Crippen LogP contribution is -2.52. The summed E-state index contributed by atoms with van der Waals surface area (Å²) in [6.45, 7) is 0.335. The van der Waals surface area contributed by atoms with E-state index in [4.69, 9.17) is 9.40 Å². The summed E-state index contributed by atoms with van der Waals surface area (Å²) < 4.78 is 6.21. The van der Waals surface area contributed by atoms with Gasteiger partial charge in [0, 0.05) is 36.1 Å². The van der Waals surface area contributed by atoms with Crippen molar-refractivity contribution in [1.82, 2.24) is 15.2 Å². The van der Waals surface area contributed by atoms with Gasteiger partial charge in [0.2, 0.25) is 11.8 Å². The molecule has 2 fully saturated rings. The van der Waals surface area contributed by atoms with Crippen LogP contribution < -0.4 is 5.32 Å². The van der Waals surface area contributed by atoms with Crippen LogP contribution in [-0.2, 0) is 22.6 Å². The summed E-state index contributed by atoms with van der Waals surface area (Å²) in [5, 5.41) is 2.35. The maximum Gasteiger partial charge on any atom is 0.255 e. The number of nitrogens with zero attached hydrogens (tertiary/aromatic N) is 2. The van der Waals surface area contributed by atoms with Gasteiger partial charge >= 0.3 is 0 Å². The van der Waals surface area contributed by atoms with E-state index in [-0.39, 0.29) is 18.2 Å². The molecule has 1 aliphatic carbocycles. The van der Waals surface area contributed by atoms with Crippen LogP contribution in [-0.4, -0.2) is 33.6 Å². The van der Waals surface area contributed by atoms with Gasteiger partial charge in [-0.15, -0.1) is 0 Å². The third-order valence-electron chi connectivity index (χ3n) is 6.66. The molecule has 0 spiro atoms. The maximum absolute atomic E-state index is 13.0. The largest absolute Gasteiger partial charge is 0.440 e. The van der Waals surface area contributed by atoms with Crippen LogP contribution in [0, 0.1) is 5.92 Å². The first-order valence-electron chi connectivity index (χ1n) is 11.4. The summed E-state index contributed by atoms with van der Waals surface area (Å²) >= 11 is 0. The maximum atomic E-state index is 13.0. The zero-order valence-electron chi connectivity index (χ0n) is 18.0. The second-order valence-electron chi connectivity index (χ2n) is 9.07. The van der Waals surface area contributed by atoms with E-state index in [1.165, 1.54) is 12.8 Å². The summed E-state index contributed by atoms with van der Waals surface area (Å²) in [5.74, 6) is 1.26. The minimum atomic E-state index is -0.622. The lowest BCUT2D eigenvalue weighted by Gasteiger charge is -2.29. The number of hydrogen-bond donors (Lipinski definition) is 1. The molecule has 1 saturated heterocycles. The molecule has 3 aliphatic rings. The number of rotatable bonds is 5. The number of carbonyl (C=O) groups excluding carboxylic acids is 3. The molecule has 1 atom stereocenters. The van der Waals surface area contributed by atoms with E-state index in [1.807, 2.05) is 48.5 Å². The van der Waals surface area contributed by atoms with Crippen molar-refractivity contribution in [2.75, 3.05) is 0 Å². The van der Waals surface area contributed by atoms with Gasteiger partial charge in [0.1, 0.15) is 11.7 Å². The standard InChI is InChI=1S/C26H23N3O4/c30-21-11-10-20(25(31)27-21)29-14-18-13-17(8-9-19(18)26(29)32)23-24(16-4-2-1-3-5-16)33-22(28-23)12-15-6-7-15/h1-5,8-9,13,15,20H,6-7,10-12,14H2,(H,27,30,31). The molecule has 1 N–H and O–H groups in total. The van der Waals surface area contributed by atoms with Crippen LogP contribution >= 0.6 is 0 Å². The molecule has 7 heteroatoms. The molecule has 6 rings (SSSR count). The third kappa shape index (κ3) is 3.63. The smallest absolute Gasteiger partial charge is 0.255 e. The van der Waals surface area contributed by atoms with Gasteiger partial charge in [-0.2, -0.15) is 0 Å². The van der Waals surface area contributed by atoms with Crippen molar-refractivity contribution in [1.29, 1.82) is 0 Å². The molecular formula is C26H23N3O4. The summed E-state index contributed by atoms with van der Waals surface area (Å²) in [4.78, 5) is 43.3. The molecule has 166 valence electrons. The number of nitrogens with one attached hydrogen (secondary N) is 1. The number of hydrogen-bond acceptors (Lipinski definition) is 5. The summed E-state index contributed by atoms with van der Waals surface area (Å²) in [7, 11) is 0. The average Bonchev–Trinajstić information content (AvgIpc) is 3.44. The van der Waals surface area contributed by atoms with Gasteiger partial charge in [0.25, 0.3) is 5.91 Å². The lowest BCUT2D eigenvalue weighted by molar-refractivity contribution is -0.136. The second kappa shape index (κ2) is 7.69. The number of piperidine rings is 1. The highest BCUT2D eigenvalue weighted by Crippen LogP contribution is 2.38. The second-order valence-corrected chi connectivity index (χ2v) is 9.07. The number of aromatic nitrogens is 1. The molecule has 2 aliphatic heterocycles. The lowest BCUT2D eigenvalue weighted by atomic mass is 10.0. The molecule has 3 amide bonds. The van der Waals surface area contributed by atoms with Gasteiger partial charge in [0.05, 0.1) is 0 Å². The molecule has 3 heterocycles. The van der Waals surface area contributed by atoms with Gasteiger partial charge in [-0.25, -0.2) is 4.98 Å². The third-order valence-corrected chi connectivity index (χ3v) is 6.66. The van der Waals surface area contributed by atoms with Crippen LogP contribution in [0.2, 0.25) is 0 Å². The Morgan fingerprint density at radius 1 is 1.00 bits per heavy atom. The predicted molar refractivity (Wildman–Crippen MR) is 120 cm³/mol. The summed E-state index contributed by atoms with van der Waals surface area (Å²) in [6, 6.07) is 15.0. The zero-order valence-corrected chi connectivity index (χ0v) is 18.0. The first-order chi connectivity index (χ1) is 16.1. The van der Waals surface area contributed by atoms with E-state index in [0.717, 1.165) is 40.5 Å². The zero-order chi connectivity index (χ0) is 22.5. The van der Waals surface area contributed by atoms with Crippen molar-refractivity contribution in [2.24, 2.45) is 5.92 Å². The molecule has 1 saturated carbocycles. The van der Waals surface area contributed by atoms with Crippen molar-refractivity contribution in [3.05, 3.63) is 65.5 Å². The fraction of sp³-hybridized carbons (Fsp3) is 0.308. The molecular weight excluding hydrogens is 418 g/mol. The predicted octanol–water partition coefficient (Wildman–Crippen LogP) is 3.72. The molecule has 2 aromatic carbocycles. The topological polar surface area (TPSA) is 92.5 Å². The van der Waals surface area contributed by atoms with Crippen molar-refractivity contribution >= 4 is 17.7 Å². The average molecular weight is 441 g/mol. The molecule has 1 unspecified atom stereocenters.